The number of benzene rings is 2. The number of carbonyl (C=O) groups is 1. The molecule has 0 atom stereocenters. The van der Waals surface area contributed by atoms with Gasteiger partial charge in [0.1, 0.15) is 11.6 Å². The van der Waals surface area contributed by atoms with E-state index in [4.69, 9.17) is 11.6 Å². The Kier molecular flexibility index (Phi) is 7.86. The maximum atomic E-state index is 12.7. The van der Waals surface area contributed by atoms with Crippen molar-refractivity contribution in [1.82, 2.24) is 0 Å². The second-order valence-electron chi connectivity index (χ2n) is 6.20. The van der Waals surface area contributed by atoms with Crippen LogP contribution in [-0.2, 0) is 4.79 Å². The molecule has 5 heteroatoms. The molecule has 0 unspecified atom stereocenters. The van der Waals surface area contributed by atoms with Gasteiger partial charge in [-0.05, 0) is 61.2 Å². The number of halogens is 3. The van der Waals surface area contributed by atoms with Crippen molar-refractivity contribution in [2.24, 2.45) is 5.92 Å². The lowest BCUT2D eigenvalue weighted by Crippen LogP contribution is -2.18. The van der Waals surface area contributed by atoms with Crippen LogP contribution in [0.5, 0.6) is 0 Å². The standard InChI is InChI=1S/C14H18FNO.C6H4ClF/c15-12-6-8-13(9-7-12)16-14(17)10-11-4-2-1-3-5-11;7-5-2-1-3-6(8)4-5/h6-9,11H,1-5,10H2,(H,16,17);1-4H. The van der Waals surface area contributed by atoms with Crippen LogP contribution in [-0.4, -0.2) is 5.91 Å². The van der Waals surface area contributed by atoms with E-state index in [1.807, 2.05) is 0 Å². The van der Waals surface area contributed by atoms with Gasteiger partial charge in [-0.2, -0.15) is 0 Å². The Balaban J connectivity index is 0.000000236. The summed E-state index contributed by atoms with van der Waals surface area (Å²) in [7, 11) is 0. The van der Waals surface area contributed by atoms with Crippen molar-refractivity contribution in [2.75, 3.05) is 5.32 Å². The lowest BCUT2D eigenvalue weighted by atomic mass is 9.87. The van der Waals surface area contributed by atoms with E-state index in [-0.39, 0.29) is 17.5 Å². The fourth-order valence-electron chi connectivity index (χ4n) is 2.86. The number of rotatable bonds is 3. The Morgan fingerprint density at radius 3 is 2.24 bits per heavy atom. The summed E-state index contributed by atoms with van der Waals surface area (Å²) in [6.07, 6.45) is 6.71. The summed E-state index contributed by atoms with van der Waals surface area (Å²) in [4.78, 5) is 11.8. The molecule has 0 radical (unpaired) electrons. The summed E-state index contributed by atoms with van der Waals surface area (Å²) in [5.41, 5.74) is 0.673. The van der Waals surface area contributed by atoms with Gasteiger partial charge in [0.25, 0.3) is 0 Å². The van der Waals surface area contributed by atoms with Gasteiger partial charge in [0.2, 0.25) is 5.91 Å². The van der Waals surface area contributed by atoms with Gasteiger partial charge < -0.3 is 5.32 Å². The van der Waals surface area contributed by atoms with Crippen molar-refractivity contribution in [1.29, 1.82) is 0 Å². The zero-order valence-electron chi connectivity index (χ0n) is 14.0. The van der Waals surface area contributed by atoms with Gasteiger partial charge in [-0.25, -0.2) is 8.78 Å². The summed E-state index contributed by atoms with van der Waals surface area (Å²) in [6, 6.07) is 11.7. The number of hydrogen-bond acceptors (Lipinski definition) is 1. The van der Waals surface area contributed by atoms with Crippen LogP contribution in [0, 0.1) is 17.6 Å². The van der Waals surface area contributed by atoms with Gasteiger partial charge in [0.05, 0.1) is 0 Å². The largest absolute Gasteiger partial charge is 0.326 e. The molecular weight excluding hydrogens is 344 g/mol. The second kappa shape index (κ2) is 10.1. The van der Waals surface area contributed by atoms with Gasteiger partial charge >= 0.3 is 0 Å². The van der Waals surface area contributed by atoms with Gasteiger partial charge in [-0.3, -0.25) is 4.79 Å². The van der Waals surface area contributed by atoms with E-state index in [0.717, 1.165) is 12.8 Å². The van der Waals surface area contributed by atoms with Crippen LogP contribution in [0.4, 0.5) is 14.5 Å². The van der Waals surface area contributed by atoms with Crippen molar-refractivity contribution in [2.45, 2.75) is 38.5 Å². The topological polar surface area (TPSA) is 29.1 Å². The van der Waals surface area contributed by atoms with E-state index in [2.05, 4.69) is 5.32 Å². The maximum Gasteiger partial charge on any atom is 0.224 e. The first-order chi connectivity index (χ1) is 12.0. The lowest BCUT2D eigenvalue weighted by Gasteiger charge is -2.20. The molecule has 0 saturated heterocycles. The summed E-state index contributed by atoms with van der Waals surface area (Å²) in [6.45, 7) is 0. The van der Waals surface area contributed by atoms with E-state index in [1.54, 1.807) is 24.3 Å². The van der Waals surface area contributed by atoms with Crippen LogP contribution in [0.1, 0.15) is 38.5 Å². The Hall–Kier alpha value is -1.94. The summed E-state index contributed by atoms with van der Waals surface area (Å²) in [5, 5.41) is 3.25. The molecule has 25 heavy (non-hydrogen) atoms. The quantitative estimate of drug-likeness (QED) is 0.687. The third-order valence-corrected chi connectivity index (χ3v) is 4.35. The zero-order valence-corrected chi connectivity index (χ0v) is 14.7. The molecule has 1 fully saturated rings. The molecule has 1 saturated carbocycles. The van der Waals surface area contributed by atoms with Gasteiger partial charge in [-0.15, -0.1) is 0 Å². The van der Waals surface area contributed by atoms with Crippen LogP contribution in [0.25, 0.3) is 0 Å². The Bertz CT molecular complexity index is 652. The minimum atomic E-state index is -0.294. The molecule has 0 bridgehead atoms. The number of nitrogens with one attached hydrogen (secondary N) is 1. The lowest BCUT2D eigenvalue weighted by molar-refractivity contribution is -0.117. The van der Waals surface area contributed by atoms with Crippen LogP contribution in [0.3, 0.4) is 0 Å². The minimum Gasteiger partial charge on any atom is -0.326 e. The molecule has 2 nitrogen and oxygen atoms in total. The van der Waals surface area contributed by atoms with Crippen molar-refractivity contribution in [3.05, 3.63) is 65.2 Å². The maximum absolute atomic E-state index is 12.7. The molecule has 2 aromatic carbocycles. The Labute approximate surface area is 152 Å². The fraction of sp³-hybridized carbons (Fsp3) is 0.350. The highest BCUT2D eigenvalue weighted by molar-refractivity contribution is 6.30. The smallest absolute Gasteiger partial charge is 0.224 e. The molecule has 1 aliphatic carbocycles. The molecule has 0 spiro atoms. The molecule has 1 N–H and O–H groups in total. The minimum absolute atomic E-state index is 0.0449. The Morgan fingerprint density at radius 1 is 1.00 bits per heavy atom. The van der Waals surface area contributed by atoms with E-state index >= 15 is 0 Å². The number of anilines is 1. The van der Waals surface area contributed by atoms with Crippen LogP contribution < -0.4 is 5.32 Å². The van der Waals surface area contributed by atoms with E-state index < -0.39 is 0 Å². The third kappa shape index (κ3) is 7.65. The van der Waals surface area contributed by atoms with Crippen LogP contribution in [0.15, 0.2) is 48.5 Å². The van der Waals surface area contributed by atoms with Crippen molar-refractivity contribution >= 4 is 23.2 Å². The average Bonchev–Trinajstić information content (AvgIpc) is 2.58. The highest BCUT2D eigenvalue weighted by Gasteiger charge is 2.16. The van der Waals surface area contributed by atoms with Gasteiger partial charge in [0.15, 0.2) is 0 Å². The number of amides is 1. The average molecular weight is 366 g/mol. The summed E-state index contributed by atoms with van der Waals surface area (Å²) < 4.78 is 24.8. The molecule has 1 amide bonds. The predicted molar refractivity (Wildman–Crippen MR) is 97.6 cm³/mol. The zero-order chi connectivity index (χ0) is 18.1. The van der Waals surface area contributed by atoms with Crippen molar-refractivity contribution in [3.63, 3.8) is 0 Å². The SMILES string of the molecule is Fc1cccc(Cl)c1.O=C(CC1CCCCC1)Nc1ccc(F)cc1. The first-order valence-corrected chi connectivity index (χ1v) is 8.87. The number of carbonyl (C=O) groups excluding carboxylic acids is 1. The first kappa shape index (κ1) is 19.4. The fourth-order valence-corrected chi connectivity index (χ4v) is 3.04. The summed E-state index contributed by atoms with van der Waals surface area (Å²) in [5.74, 6) is 0.000450. The molecule has 0 heterocycles. The van der Waals surface area contributed by atoms with Crippen molar-refractivity contribution in [3.8, 4) is 0 Å². The first-order valence-electron chi connectivity index (χ1n) is 8.49. The van der Waals surface area contributed by atoms with Crippen LogP contribution >= 0.6 is 11.6 Å². The van der Waals surface area contributed by atoms with Gasteiger partial charge in [0, 0.05) is 17.1 Å². The third-order valence-electron chi connectivity index (χ3n) is 4.11. The molecule has 0 aromatic heterocycles. The van der Waals surface area contributed by atoms with E-state index in [9.17, 15) is 13.6 Å². The molecule has 2 aromatic rings. The summed E-state index contributed by atoms with van der Waals surface area (Å²) >= 11 is 5.40. The normalized spacial score (nSPS) is 14.4. The molecular formula is C20H22ClF2NO. The number of hydrogen-bond donors (Lipinski definition) is 1. The predicted octanol–water partition coefficient (Wildman–Crippen LogP) is 6.21. The Morgan fingerprint density at radius 2 is 1.68 bits per heavy atom. The van der Waals surface area contributed by atoms with Crippen molar-refractivity contribution < 1.29 is 13.6 Å². The van der Waals surface area contributed by atoms with Crippen LogP contribution in [0.2, 0.25) is 5.02 Å². The highest BCUT2D eigenvalue weighted by Crippen LogP contribution is 2.26. The monoisotopic (exact) mass is 365 g/mol. The molecule has 3 rings (SSSR count). The van der Waals surface area contributed by atoms with E-state index in [1.165, 1.54) is 43.5 Å². The van der Waals surface area contributed by atoms with E-state index in [0.29, 0.717) is 23.0 Å². The molecule has 134 valence electrons. The van der Waals surface area contributed by atoms with Gasteiger partial charge in [-0.1, -0.05) is 36.9 Å². The molecule has 1 aliphatic rings. The highest BCUT2D eigenvalue weighted by atomic mass is 35.5. The molecule has 0 aliphatic heterocycles. The second-order valence-corrected chi connectivity index (χ2v) is 6.64.